The van der Waals surface area contributed by atoms with E-state index in [2.05, 4.69) is 15.2 Å². The summed E-state index contributed by atoms with van der Waals surface area (Å²) in [5.74, 6) is -0.436. The number of carbonyl (C=O) groups is 1. The Labute approximate surface area is 173 Å². The third-order valence-corrected chi connectivity index (χ3v) is 5.59. The van der Waals surface area contributed by atoms with E-state index in [1.807, 2.05) is 0 Å². The third kappa shape index (κ3) is 4.93. The van der Waals surface area contributed by atoms with Crippen molar-refractivity contribution in [2.75, 3.05) is 10.0 Å². The van der Waals surface area contributed by atoms with E-state index < -0.39 is 15.8 Å². The summed E-state index contributed by atoms with van der Waals surface area (Å²) in [5.41, 5.74) is 1.62. The Morgan fingerprint density at radius 1 is 1.13 bits per heavy atom. The first-order chi connectivity index (χ1) is 14.3. The Morgan fingerprint density at radius 2 is 1.83 bits per heavy atom. The third-order valence-electron chi connectivity index (χ3n) is 4.21. The first-order valence-corrected chi connectivity index (χ1v) is 10.6. The number of halogens is 1. The van der Waals surface area contributed by atoms with Gasteiger partial charge in [-0.3, -0.25) is 9.52 Å². The van der Waals surface area contributed by atoms with E-state index in [-0.39, 0.29) is 16.5 Å². The van der Waals surface area contributed by atoms with Crippen LogP contribution in [0.5, 0.6) is 0 Å². The summed E-state index contributed by atoms with van der Waals surface area (Å²) >= 11 is 0. The van der Waals surface area contributed by atoms with Crippen molar-refractivity contribution in [1.29, 1.82) is 0 Å². The van der Waals surface area contributed by atoms with E-state index in [1.54, 1.807) is 38.1 Å². The van der Waals surface area contributed by atoms with E-state index in [0.29, 0.717) is 29.1 Å². The molecule has 0 saturated carbocycles. The molecule has 0 radical (unpaired) electrons. The van der Waals surface area contributed by atoms with Gasteiger partial charge in [-0.1, -0.05) is 42.4 Å². The lowest BCUT2D eigenvalue weighted by molar-refractivity contribution is -0.115. The summed E-state index contributed by atoms with van der Waals surface area (Å²) in [6.45, 7) is 3.46. The number of nitrogens with one attached hydrogen (secondary N) is 2. The molecule has 0 fully saturated rings. The number of rotatable bonds is 7. The van der Waals surface area contributed by atoms with Gasteiger partial charge in [0.15, 0.2) is 5.76 Å². The summed E-state index contributed by atoms with van der Waals surface area (Å²) < 4.78 is 46.1. The van der Waals surface area contributed by atoms with Crippen molar-refractivity contribution in [3.05, 3.63) is 71.4 Å². The molecule has 2 N–H and O–H groups in total. The number of sulfonamides is 1. The fourth-order valence-electron chi connectivity index (χ4n) is 2.56. The van der Waals surface area contributed by atoms with E-state index in [0.717, 1.165) is 0 Å². The lowest BCUT2D eigenvalue weighted by atomic mass is 10.2. The van der Waals surface area contributed by atoms with Gasteiger partial charge < -0.3 is 9.84 Å². The molecule has 30 heavy (non-hydrogen) atoms. The molecular formula is C21H20FN3O4S. The van der Waals surface area contributed by atoms with Crippen LogP contribution in [0.3, 0.4) is 0 Å². The minimum atomic E-state index is -3.93. The molecular weight excluding hydrogens is 409 g/mol. The summed E-state index contributed by atoms with van der Waals surface area (Å²) in [4.78, 5) is 11.6. The van der Waals surface area contributed by atoms with Gasteiger partial charge in [-0.05, 0) is 42.8 Å². The predicted molar refractivity (Wildman–Crippen MR) is 113 cm³/mol. The van der Waals surface area contributed by atoms with Crippen molar-refractivity contribution < 1.29 is 22.1 Å². The Balaban J connectivity index is 1.77. The molecule has 0 spiro atoms. The second-order valence-electron chi connectivity index (χ2n) is 6.40. The Kier molecular flexibility index (Phi) is 6.31. The molecule has 0 aliphatic carbocycles. The zero-order valence-electron chi connectivity index (χ0n) is 16.3. The van der Waals surface area contributed by atoms with Crippen molar-refractivity contribution in [2.24, 2.45) is 0 Å². The van der Waals surface area contributed by atoms with Crippen LogP contribution in [0.4, 0.5) is 15.8 Å². The molecule has 0 aliphatic rings. The number of para-hydroxylation sites is 1. The maximum absolute atomic E-state index is 13.7. The topological polar surface area (TPSA) is 101 Å². The molecule has 0 aliphatic heterocycles. The molecule has 0 unspecified atom stereocenters. The first-order valence-electron chi connectivity index (χ1n) is 9.12. The van der Waals surface area contributed by atoms with Crippen LogP contribution in [-0.2, 0) is 14.8 Å². The van der Waals surface area contributed by atoms with Gasteiger partial charge in [-0.2, -0.15) is 0 Å². The van der Waals surface area contributed by atoms with E-state index in [4.69, 9.17) is 4.52 Å². The smallest absolute Gasteiger partial charge is 0.261 e. The number of hydrogen-bond acceptors (Lipinski definition) is 5. The highest BCUT2D eigenvalue weighted by Crippen LogP contribution is 2.23. The van der Waals surface area contributed by atoms with Crippen LogP contribution in [0.15, 0.2) is 57.9 Å². The van der Waals surface area contributed by atoms with Gasteiger partial charge in [0.1, 0.15) is 17.2 Å². The molecule has 1 aromatic heterocycles. The van der Waals surface area contributed by atoms with E-state index >= 15 is 0 Å². The number of nitrogens with zero attached hydrogens (tertiary/aromatic N) is 1. The molecule has 7 nitrogen and oxygen atoms in total. The van der Waals surface area contributed by atoms with Gasteiger partial charge in [0.25, 0.3) is 10.0 Å². The quantitative estimate of drug-likeness (QED) is 0.578. The zero-order valence-corrected chi connectivity index (χ0v) is 17.2. The van der Waals surface area contributed by atoms with E-state index in [9.17, 15) is 17.6 Å². The van der Waals surface area contributed by atoms with Crippen molar-refractivity contribution in [2.45, 2.75) is 25.2 Å². The van der Waals surface area contributed by atoms with Gasteiger partial charge in [0.05, 0.1) is 10.6 Å². The van der Waals surface area contributed by atoms with Gasteiger partial charge in [-0.15, -0.1) is 0 Å². The van der Waals surface area contributed by atoms with Gasteiger partial charge in [0.2, 0.25) is 5.91 Å². The first kappa shape index (κ1) is 21.3. The Hall–Kier alpha value is -3.46. The van der Waals surface area contributed by atoms with Crippen LogP contribution in [0.1, 0.15) is 30.4 Å². The second-order valence-corrected chi connectivity index (χ2v) is 8.08. The average Bonchev–Trinajstić information content (AvgIpc) is 3.07. The average molecular weight is 429 g/mol. The molecule has 1 amide bonds. The number of carbonyl (C=O) groups excluding carboxylic acids is 1. The Morgan fingerprint density at radius 3 is 2.50 bits per heavy atom. The van der Waals surface area contributed by atoms with Crippen LogP contribution in [-0.4, -0.2) is 19.5 Å². The molecule has 2 aromatic carbocycles. The summed E-state index contributed by atoms with van der Waals surface area (Å²) in [6, 6.07) is 11.6. The molecule has 0 bridgehead atoms. The van der Waals surface area contributed by atoms with Crippen molar-refractivity contribution in [3.63, 3.8) is 0 Å². The fourth-order valence-corrected chi connectivity index (χ4v) is 3.63. The largest absolute Gasteiger partial charge is 0.354 e. The van der Waals surface area contributed by atoms with Gasteiger partial charge in [0, 0.05) is 6.42 Å². The minimum Gasteiger partial charge on any atom is -0.354 e. The maximum Gasteiger partial charge on any atom is 0.261 e. The number of amides is 1. The number of aromatic nitrogens is 1. The lowest BCUT2D eigenvalue weighted by Crippen LogP contribution is -2.13. The molecule has 3 aromatic rings. The van der Waals surface area contributed by atoms with Gasteiger partial charge >= 0.3 is 0 Å². The molecule has 156 valence electrons. The summed E-state index contributed by atoms with van der Waals surface area (Å²) in [6.07, 6.45) is 3.65. The highest BCUT2D eigenvalue weighted by Gasteiger charge is 2.16. The van der Waals surface area contributed by atoms with Crippen LogP contribution < -0.4 is 10.0 Å². The zero-order chi connectivity index (χ0) is 21.7. The number of anilines is 2. The number of hydrogen-bond donors (Lipinski definition) is 2. The highest BCUT2D eigenvalue weighted by atomic mass is 32.2. The van der Waals surface area contributed by atoms with Gasteiger partial charge in [-0.25, -0.2) is 12.8 Å². The standard InChI is InChI=1S/C21H20FN3O4S/c1-3-20(26)23-21-14(2)24-29-19(21)13-10-15-8-11-16(12-9-15)30(27,28)25-18-7-5-4-6-17(18)22/h4-13,25H,3H2,1-2H3,(H,23,26)/b13-10-. The maximum atomic E-state index is 13.7. The monoisotopic (exact) mass is 429 g/mol. The normalized spacial score (nSPS) is 11.6. The van der Waals surface area contributed by atoms with Crippen LogP contribution in [0.25, 0.3) is 12.2 Å². The van der Waals surface area contributed by atoms with Crippen molar-refractivity contribution >= 4 is 39.5 Å². The Bertz CT molecular complexity index is 1190. The van der Waals surface area contributed by atoms with Crippen LogP contribution >= 0.6 is 0 Å². The molecule has 0 saturated heterocycles. The summed E-state index contributed by atoms with van der Waals surface area (Å²) in [7, 11) is -3.93. The number of benzene rings is 2. The minimum absolute atomic E-state index is 0.00527. The van der Waals surface area contributed by atoms with Crippen molar-refractivity contribution in [1.82, 2.24) is 5.16 Å². The molecule has 9 heteroatoms. The lowest BCUT2D eigenvalue weighted by Gasteiger charge is -2.09. The highest BCUT2D eigenvalue weighted by molar-refractivity contribution is 7.92. The number of aryl methyl sites for hydroxylation is 1. The molecule has 3 rings (SSSR count). The second kappa shape index (κ2) is 8.91. The molecule has 0 atom stereocenters. The van der Waals surface area contributed by atoms with Crippen LogP contribution in [0, 0.1) is 12.7 Å². The van der Waals surface area contributed by atoms with Crippen molar-refractivity contribution in [3.8, 4) is 0 Å². The fraction of sp³-hybridized carbons (Fsp3) is 0.143. The predicted octanol–water partition coefficient (Wildman–Crippen LogP) is 4.44. The van der Waals surface area contributed by atoms with E-state index in [1.165, 1.54) is 36.4 Å². The summed E-state index contributed by atoms with van der Waals surface area (Å²) in [5, 5.41) is 6.59. The SMILES string of the molecule is CCC(=O)Nc1c(C)noc1/C=C\c1ccc(S(=O)(=O)Nc2ccccc2F)cc1. The molecule has 1 heterocycles. The van der Waals surface area contributed by atoms with Crippen LogP contribution in [0.2, 0.25) is 0 Å².